The lowest BCUT2D eigenvalue weighted by atomic mass is 10.0. The van der Waals surface area contributed by atoms with Crippen molar-refractivity contribution >= 4 is 18.3 Å². The van der Waals surface area contributed by atoms with Gasteiger partial charge in [0.2, 0.25) is 5.91 Å². The highest BCUT2D eigenvalue weighted by molar-refractivity contribution is 5.85. The Labute approximate surface area is 147 Å². The van der Waals surface area contributed by atoms with Crippen molar-refractivity contribution in [2.45, 2.75) is 37.9 Å². The summed E-state index contributed by atoms with van der Waals surface area (Å²) < 4.78 is 2.08. The number of likely N-dealkylation sites (N-methyl/N-ethyl adjacent to an activating group) is 1. The third-order valence-corrected chi connectivity index (χ3v) is 4.79. The number of amides is 1. The minimum atomic E-state index is -0.251. The molecule has 0 bridgehead atoms. The topological polar surface area (TPSA) is 63.1 Å². The molecule has 1 fully saturated rings. The maximum atomic E-state index is 12.8. The lowest BCUT2D eigenvalue weighted by molar-refractivity contribution is -0.136. The van der Waals surface area contributed by atoms with E-state index in [-0.39, 0.29) is 30.4 Å². The van der Waals surface area contributed by atoms with Crippen molar-refractivity contribution in [1.82, 2.24) is 25.0 Å². The first-order valence-electron chi connectivity index (χ1n) is 8.20. The molecule has 6 nitrogen and oxygen atoms in total. The first-order valence-corrected chi connectivity index (χ1v) is 8.20. The number of nitrogens with zero attached hydrogens (tertiary/aromatic N) is 4. The van der Waals surface area contributed by atoms with Crippen molar-refractivity contribution in [3.8, 4) is 0 Å². The van der Waals surface area contributed by atoms with Crippen molar-refractivity contribution in [1.29, 1.82) is 0 Å². The van der Waals surface area contributed by atoms with E-state index in [4.69, 9.17) is 0 Å². The summed E-state index contributed by atoms with van der Waals surface area (Å²) >= 11 is 0. The van der Waals surface area contributed by atoms with Crippen LogP contribution in [0.3, 0.4) is 0 Å². The van der Waals surface area contributed by atoms with E-state index in [1.54, 1.807) is 4.90 Å². The summed E-state index contributed by atoms with van der Waals surface area (Å²) in [6.07, 6.45) is 2.87. The fourth-order valence-corrected chi connectivity index (χ4v) is 3.60. The molecule has 0 radical (unpaired) electrons. The van der Waals surface area contributed by atoms with Crippen LogP contribution in [0, 0.1) is 0 Å². The highest BCUT2D eigenvalue weighted by atomic mass is 35.5. The molecule has 24 heavy (non-hydrogen) atoms. The number of carbonyl (C=O) groups excluding carboxylic acids is 1. The van der Waals surface area contributed by atoms with Crippen LogP contribution < -0.4 is 5.32 Å². The molecule has 4 rings (SSSR count). The maximum Gasteiger partial charge on any atom is 0.246 e. The summed E-state index contributed by atoms with van der Waals surface area (Å²) in [7, 11) is 1.84. The van der Waals surface area contributed by atoms with Gasteiger partial charge < -0.3 is 10.2 Å². The zero-order chi connectivity index (χ0) is 15.8. The van der Waals surface area contributed by atoms with Gasteiger partial charge in [-0.3, -0.25) is 9.36 Å². The maximum absolute atomic E-state index is 12.8. The van der Waals surface area contributed by atoms with Crippen molar-refractivity contribution in [3.05, 3.63) is 47.5 Å². The van der Waals surface area contributed by atoms with Gasteiger partial charge in [0.1, 0.15) is 6.04 Å². The Morgan fingerprint density at radius 2 is 2.04 bits per heavy atom. The molecule has 2 aromatic rings. The van der Waals surface area contributed by atoms with Gasteiger partial charge in [-0.05, 0) is 24.9 Å². The molecule has 2 aliphatic rings. The summed E-state index contributed by atoms with van der Waals surface area (Å²) in [6.45, 7) is 1.54. The molecule has 1 saturated heterocycles. The summed E-state index contributed by atoms with van der Waals surface area (Å²) in [5.74, 6) is 1.94. The summed E-state index contributed by atoms with van der Waals surface area (Å²) in [5, 5.41) is 12.2. The first kappa shape index (κ1) is 16.9. The lowest BCUT2D eigenvalue weighted by Gasteiger charge is -2.32. The van der Waals surface area contributed by atoms with Crippen LogP contribution in [0.4, 0.5) is 0 Å². The van der Waals surface area contributed by atoms with Crippen LogP contribution in [0.1, 0.15) is 42.1 Å². The molecule has 1 aromatic heterocycles. The van der Waals surface area contributed by atoms with Gasteiger partial charge in [-0.15, -0.1) is 22.6 Å². The van der Waals surface area contributed by atoms with Crippen LogP contribution in [-0.4, -0.2) is 39.2 Å². The minimum absolute atomic E-state index is 0. The molecule has 1 aromatic carbocycles. The first-order chi connectivity index (χ1) is 11.2. The van der Waals surface area contributed by atoms with Crippen LogP contribution in [-0.2, 0) is 17.8 Å². The highest BCUT2D eigenvalue weighted by Crippen LogP contribution is 2.30. The third-order valence-electron chi connectivity index (χ3n) is 4.79. The summed E-state index contributed by atoms with van der Waals surface area (Å²) in [4.78, 5) is 14.5. The van der Waals surface area contributed by atoms with Gasteiger partial charge >= 0.3 is 0 Å². The molecule has 0 unspecified atom stereocenters. The highest BCUT2D eigenvalue weighted by Gasteiger charge is 2.36. The number of aromatic nitrogens is 3. The van der Waals surface area contributed by atoms with E-state index < -0.39 is 0 Å². The molecule has 128 valence electrons. The van der Waals surface area contributed by atoms with Crippen LogP contribution in [0.5, 0.6) is 0 Å². The van der Waals surface area contributed by atoms with Gasteiger partial charge in [0.25, 0.3) is 0 Å². The molecule has 0 saturated carbocycles. The van der Waals surface area contributed by atoms with E-state index in [0.717, 1.165) is 36.6 Å². The number of fused-ring (bicyclic) bond motifs is 1. The van der Waals surface area contributed by atoms with Crippen molar-refractivity contribution in [2.24, 2.45) is 0 Å². The summed E-state index contributed by atoms with van der Waals surface area (Å²) in [5.41, 5.74) is 1.16. The molecule has 7 heteroatoms. The third kappa shape index (κ3) is 2.91. The number of halogens is 1. The molecule has 2 aliphatic heterocycles. The van der Waals surface area contributed by atoms with Gasteiger partial charge in [0.05, 0.1) is 12.6 Å². The van der Waals surface area contributed by atoms with Gasteiger partial charge in [-0.2, -0.15) is 0 Å². The van der Waals surface area contributed by atoms with E-state index in [0.29, 0.717) is 13.0 Å². The smallest absolute Gasteiger partial charge is 0.246 e. The Balaban J connectivity index is 0.00000169. The number of nitrogens with one attached hydrogen (secondary N) is 1. The Morgan fingerprint density at radius 1 is 1.25 bits per heavy atom. The van der Waals surface area contributed by atoms with E-state index in [1.165, 1.54) is 0 Å². The Hall–Kier alpha value is -1.92. The molecule has 3 heterocycles. The van der Waals surface area contributed by atoms with E-state index in [2.05, 4.69) is 32.2 Å². The zero-order valence-corrected chi connectivity index (χ0v) is 14.5. The fourth-order valence-electron chi connectivity index (χ4n) is 3.60. The van der Waals surface area contributed by atoms with E-state index >= 15 is 0 Å². The second-order valence-corrected chi connectivity index (χ2v) is 6.39. The largest absolute Gasteiger partial charge is 0.336 e. The number of hydrogen-bond donors (Lipinski definition) is 1. The van der Waals surface area contributed by atoms with Crippen LogP contribution in [0.25, 0.3) is 0 Å². The molecule has 2 atom stereocenters. The Bertz CT molecular complexity index is 711. The van der Waals surface area contributed by atoms with Crippen molar-refractivity contribution in [3.63, 3.8) is 0 Å². The Kier molecular flexibility index (Phi) is 4.87. The Morgan fingerprint density at radius 3 is 2.75 bits per heavy atom. The normalized spacial score (nSPS) is 23.0. The monoisotopic (exact) mass is 347 g/mol. The fraction of sp³-hybridized carbons (Fsp3) is 0.471. The zero-order valence-electron chi connectivity index (χ0n) is 13.7. The number of rotatable bonds is 3. The quantitative estimate of drug-likeness (QED) is 0.920. The molecular formula is C17H22ClN5O. The van der Waals surface area contributed by atoms with Gasteiger partial charge in [0, 0.05) is 13.5 Å². The van der Waals surface area contributed by atoms with Crippen LogP contribution >= 0.6 is 12.4 Å². The van der Waals surface area contributed by atoms with Crippen molar-refractivity contribution < 1.29 is 4.79 Å². The number of benzene rings is 1. The molecule has 1 N–H and O–H groups in total. The average molecular weight is 348 g/mol. The second kappa shape index (κ2) is 6.91. The summed E-state index contributed by atoms with van der Waals surface area (Å²) in [6, 6.07) is 10.1. The van der Waals surface area contributed by atoms with Gasteiger partial charge in [-0.1, -0.05) is 30.3 Å². The van der Waals surface area contributed by atoms with E-state index in [1.807, 2.05) is 25.2 Å². The molecule has 0 spiro atoms. The van der Waals surface area contributed by atoms with Crippen molar-refractivity contribution in [2.75, 3.05) is 13.6 Å². The molecule has 1 amide bonds. The molecular weight excluding hydrogens is 326 g/mol. The predicted octanol–water partition coefficient (Wildman–Crippen LogP) is 1.88. The van der Waals surface area contributed by atoms with Crippen LogP contribution in [0.2, 0.25) is 0 Å². The van der Waals surface area contributed by atoms with E-state index in [9.17, 15) is 4.79 Å². The lowest BCUT2D eigenvalue weighted by Crippen LogP contribution is -2.42. The van der Waals surface area contributed by atoms with Gasteiger partial charge in [-0.25, -0.2) is 0 Å². The second-order valence-electron chi connectivity index (χ2n) is 6.39. The van der Waals surface area contributed by atoms with Crippen LogP contribution in [0.15, 0.2) is 30.3 Å². The standard InChI is InChI=1S/C17H21N5O.ClH/c1-21-11-15-19-20-16(13-8-5-9-18-13)22(15)14(17(21)23)10-12-6-3-2-4-7-12;/h2-4,6-7,13-14,18H,5,8-11H2,1H3;1H/t13-,14+;/m0./s1. The predicted molar refractivity (Wildman–Crippen MR) is 92.9 cm³/mol. The van der Waals surface area contributed by atoms with Gasteiger partial charge in [0.15, 0.2) is 11.6 Å². The molecule has 0 aliphatic carbocycles. The number of carbonyl (C=O) groups is 1. The SMILES string of the molecule is CN1Cc2nnc([C@@H]3CCCN3)n2[C@H](Cc2ccccc2)C1=O.Cl. The average Bonchev–Trinajstić information content (AvgIpc) is 3.21. The minimum Gasteiger partial charge on any atom is -0.336 e. The number of hydrogen-bond acceptors (Lipinski definition) is 4.